The van der Waals surface area contributed by atoms with Crippen LogP contribution in [0, 0.1) is 5.82 Å². The highest BCUT2D eigenvalue weighted by Crippen LogP contribution is 2.34. The quantitative estimate of drug-likeness (QED) is 0.756. The largest absolute Gasteiger partial charge is 0.488 e. The molecule has 2 aliphatic rings. The summed E-state index contributed by atoms with van der Waals surface area (Å²) in [7, 11) is 1.75. The van der Waals surface area contributed by atoms with E-state index in [4.69, 9.17) is 4.74 Å². The van der Waals surface area contributed by atoms with Gasteiger partial charge in [0.1, 0.15) is 24.2 Å². The van der Waals surface area contributed by atoms with E-state index in [0.29, 0.717) is 28.9 Å². The number of halogens is 1. The van der Waals surface area contributed by atoms with Crippen LogP contribution in [0.25, 0.3) is 0 Å². The van der Waals surface area contributed by atoms with E-state index in [0.717, 1.165) is 5.69 Å². The third-order valence-corrected chi connectivity index (χ3v) is 5.26. The maximum atomic E-state index is 14.1. The lowest BCUT2D eigenvalue weighted by Crippen LogP contribution is -2.52. The fraction of sp³-hybridized carbons (Fsp3) is 0.286. The summed E-state index contributed by atoms with van der Waals surface area (Å²) in [6.45, 7) is 0.208. The highest BCUT2D eigenvalue weighted by molar-refractivity contribution is 6.05. The number of carbonyl (C=O) groups is 3. The number of carbonyl (C=O) groups excluding carboxylic acids is 3. The molecule has 0 spiro atoms. The van der Waals surface area contributed by atoms with Gasteiger partial charge in [0.2, 0.25) is 11.8 Å². The molecule has 0 aliphatic carbocycles. The molecule has 0 radical (unpaired) electrons. The number of amides is 3. The van der Waals surface area contributed by atoms with Crippen molar-refractivity contribution >= 4 is 23.4 Å². The zero-order chi connectivity index (χ0) is 20.5. The molecule has 2 heterocycles. The third-order valence-electron chi connectivity index (χ3n) is 5.26. The molecule has 0 bridgehead atoms. The van der Waals surface area contributed by atoms with E-state index in [9.17, 15) is 18.8 Å². The van der Waals surface area contributed by atoms with E-state index in [1.54, 1.807) is 37.4 Å². The minimum absolute atomic E-state index is 0.00438. The lowest BCUT2D eigenvalue weighted by Gasteiger charge is -2.29. The van der Waals surface area contributed by atoms with Crippen LogP contribution in [0.15, 0.2) is 36.4 Å². The first-order valence-electron chi connectivity index (χ1n) is 9.33. The lowest BCUT2D eigenvalue weighted by atomic mass is 10.0. The van der Waals surface area contributed by atoms with Crippen molar-refractivity contribution in [3.63, 3.8) is 0 Å². The van der Waals surface area contributed by atoms with Crippen LogP contribution in [0.4, 0.5) is 10.1 Å². The number of fused-ring (bicyclic) bond motifs is 1. The minimum atomic E-state index is -0.690. The summed E-state index contributed by atoms with van der Waals surface area (Å²) in [5.74, 6) is -0.970. The maximum absolute atomic E-state index is 14.1. The van der Waals surface area contributed by atoms with Crippen LogP contribution in [-0.4, -0.2) is 35.7 Å². The Morgan fingerprint density at radius 3 is 2.83 bits per heavy atom. The highest BCUT2D eigenvalue weighted by atomic mass is 19.1. The molecule has 150 valence electrons. The van der Waals surface area contributed by atoms with Crippen molar-refractivity contribution in [2.24, 2.45) is 0 Å². The predicted octanol–water partition coefficient (Wildman–Crippen LogP) is 2.21. The summed E-state index contributed by atoms with van der Waals surface area (Å²) < 4.78 is 19.9. The molecule has 2 aliphatic heterocycles. The van der Waals surface area contributed by atoms with Gasteiger partial charge in [0.05, 0.1) is 6.54 Å². The normalized spacial score (nSPS) is 18.5. The molecule has 4 rings (SSSR count). The third kappa shape index (κ3) is 3.53. The van der Waals surface area contributed by atoms with Gasteiger partial charge in [0.15, 0.2) is 0 Å². The van der Waals surface area contributed by atoms with E-state index >= 15 is 0 Å². The average Bonchev–Trinajstić information content (AvgIpc) is 3.04. The molecule has 2 N–H and O–H groups in total. The van der Waals surface area contributed by atoms with Crippen molar-refractivity contribution < 1.29 is 23.5 Å². The summed E-state index contributed by atoms with van der Waals surface area (Å²) >= 11 is 0. The number of nitrogens with zero attached hydrogens (tertiary/aromatic N) is 1. The Bertz CT molecular complexity index is 1010. The number of nitrogens with one attached hydrogen (secondary N) is 2. The van der Waals surface area contributed by atoms with Crippen LogP contribution in [0.1, 0.15) is 34.3 Å². The van der Waals surface area contributed by atoms with Crippen LogP contribution in [-0.2, 0) is 22.7 Å². The Morgan fingerprint density at radius 1 is 1.24 bits per heavy atom. The molecule has 2 aromatic rings. The van der Waals surface area contributed by atoms with Gasteiger partial charge in [0.25, 0.3) is 5.91 Å². The molecule has 2 aromatic carbocycles. The van der Waals surface area contributed by atoms with Gasteiger partial charge < -0.3 is 15.0 Å². The van der Waals surface area contributed by atoms with Gasteiger partial charge in [-0.1, -0.05) is 6.07 Å². The van der Waals surface area contributed by atoms with Crippen molar-refractivity contribution in [2.45, 2.75) is 32.0 Å². The first-order valence-corrected chi connectivity index (χ1v) is 9.33. The first kappa shape index (κ1) is 18.9. The standard InChI is InChI=1S/C21H20FN3O4/c1-23-13-5-6-16(22)12(9-13)11-29-18-4-2-3-14-15(18)10-25(21(14)28)17-7-8-19(26)24-20(17)27/h2-6,9,17,23H,7-8,10-11H2,1H3,(H,24,26,27)/t17-/m1/s1. The van der Waals surface area contributed by atoms with Crippen LogP contribution >= 0.6 is 0 Å². The summed E-state index contributed by atoms with van der Waals surface area (Å²) in [5, 5.41) is 5.24. The van der Waals surface area contributed by atoms with E-state index in [2.05, 4.69) is 10.6 Å². The van der Waals surface area contributed by atoms with E-state index in [1.165, 1.54) is 11.0 Å². The molecule has 0 aromatic heterocycles. The SMILES string of the molecule is CNc1ccc(F)c(COc2cccc3c2CN([C@@H]2CCC(=O)NC2=O)C3=O)c1. The number of rotatable bonds is 5. The topological polar surface area (TPSA) is 87.7 Å². The number of hydrogen-bond donors (Lipinski definition) is 2. The van der Waals surface area contributed by atoms with Gasteiger partial charge in [0, 0.05) is 35.8 Å². The molecule has 29 heavy (non-hydrogen) atoms. The molecular formula is C21H20FN3O4. The van der Waals surface area contributed by atoms with Gasteiger partial charge >= 0.3 is 0 Å². The van der Waals surface area contributed by atoms with Crippen molar-refractivity contribution in [3.05, 3.63) is 58.9 Å². The minimum Gasteiger partial charge on any atom is -0.488 e. The van der Waals surface area contributed by atoms with Gasteiger partial charge in [-0.15, -0.1) is 0 Å². The Balaban J connectivity index is 1.54. The zero-order valence-corrected chi connectivity index (χ0v) is 15.8. The van der Waals surface area contributed by atoms with E-state index < -0.39 is 11.9 Å². The van der Waals surface area contributed by atoms with Crippen molar-refractivity contribution in [3.8, 4) is 5.75 Å². The summed E-state index contributed by atoms with van der Waals surface area (Å²) in [5.41, 5.74) is 2.27. The average molecular weight is 397 g/mol. The number of piperidine rings is 1. The maximum Gasteiger partial charge on any atom is 0.255 e. The molecular weight excluding hydrogens is 377 g/mol. The number of benzene rings is 2. The molecule has 0 unspecified atom stereocenters. The molecule has 7 nitrogen and oxygen atoms in total. The number of ether oxygens (including phenoxy) is 1. The molecule has 1 fully saturated rings. The Labute approximate surface area is 166 Å². The molecule has 3 amide bonds. The first-order chi connectivity index (χ1) is 14.0. The smallest absolute Gasteiger partial charge is 0.255 e. The second-order valence-corrected chi connectivity index (χ2v) is 7.03. The number of anilines is 1. The van der Waals surface area contributed by atoms with Crippen LogP contribution < -0.4 is 15.4 Å². The van der Waals surface area contributed by atoms with Crippen LogP contribution in [0.5, 0.6) is 5.75 Å². The van der Waals surface area contributed by atoms with E-state index in [1.807, 2.05) is 0 Å². The lowest BCUT2D eigenvalue weighted by molar-refractivity contribution is -0.136. The predicted molar refractivity (Wildman–Crippen MR) is 103 cm³/mol. The zero-order valence-electron chi connectivity index (χ0n) is 15.8. The molecule has 8 heteroatoms. The molecule has 1 atom stereocenters. The monoisotopic (exact) mass is 397 g/mol. The van der Waals surface area contributed by atoms with Gasteiger partial charge in [-0.05, 0) is 36.8 Å². The van der Waals surface area contributed by atoms with Gasteiger partial charge in [-0.2, -0.15) is 0 Å². The Kier molecular flexibility index (Phi) is 4.92. The Hall–Kier alpha value is -3.42. The summed E-state index contributed by atoms with van der Waals surface area (Å²) in [4.78, 5) is 37.9. The van der Waals surface area contributed by atoms with Crippen LogP contribution in [0.2, 0.25) is 0 Å². The summed E-state index contributed by atoms with van der Waals surface area (Å²) in [6.07, 6.45) is 0.490. The second-order valence-electron chi connectivity index (χ2n) is 7.03. The number of hydrogen-bond acceptors (Lipinski definition) is 5. The summed E-state index contributed by atoms with van der Waals surface area (Å²) in [6, 6.07) is 9.08. The fourth-order valence-electron chi connectivity index (χ4n) is 3.69. The van der Waals surface area contributed by atoms with Crippen molar-refractivity contribution in [2.75, 3.05) is 12.4 Å². The highest BCUT2D eigenvalue weighted by Gasteiger charge is 2.40. The Morgan fingerprint density at radius 2 is 2.07 bits per heavy atom. The van der Waals surface area contributed by atoms with Gasteiger partial charge in [-0.3, -0.25) is 19.7 Å². The van der Waals surface area contributed by atoms with Crippen LogP contribution in [0.3, 0.4) is 0 Å². The fourth-order valence-corrected chi connectivity index (χ4v) is 3.69. The molecule has 0 saturated carbocycles. The second kappa shape index (κ2) is 7.54. The van der Waals surface area contributed by atoms with Crippen molar-refractivity contribution in [1.29, 1.82) is 0 Å². The molecule has 1 saturated heterocycles. The van der Waals surface area contributed by atoms with E-state index in [-0.39, 0.29) is 37.2 Å². The van der Waals surface area contributed by atoms with Crippen molar-refractivity contribution in [1.82, 2.24) is 10.2 Å². The number of imide groups is 1. The van der Waals surface area contributed by atoms with Gasteiger partial charge in [-0.25, -0.2) is 4.39 Å².